The van der Waals surface area contributed by atoms with Gasteiger partial charge in [-0.25, -0.2) is 4.98 Å². The van der Waals surface area contributed by atoms with Crippen molar-refractivity contribution >= 4 is 28.4 Å². The smallest absolute Gasteiger partial charge is 0.297 e. The number of H-pyrrole nitrogens is 1. The summed E-state index contributed by atoms with van der Waals surface area (Å²) in [6.07, 6.45) is 2.91. The third-order valence-electron chi connectivity index (χ3n) is 3.43. The average Bonchev–Trinajstić information content (AvgIpc) is 3.23. The lowest BCUT2D eigenvalue weighted by Gasteiger charge is -1.98. The summed E-state index contributed by atoms with van der Waals surface area (Å²) in [6.45, 7) is 0. The van der Waals surface area contributed by atoms with Crippen LogP contribution in [0.25, 0.3) is 16.1 Å². The van der Waals surface area contributed by atoms with Crippen LogP contribution in [0.2, 0.25) is 0 Å². The van der Waals surface area contributed by atoms with E-state index in [1.54, 1.807) is 17.6 Å². The Labute approximate surface area is 139 Å². The lowest BCUT2D eigenvalue weighted by atomic mass is 10.2. The van der Waals surface area contributed by atoms with Gasteiger partial charge in [-0.05, 0) is 6.07 Å². The van der Waals surface area contributed by atoms with E-state index >= 15 is 0 Å². The molecular formula is C16H11N5O2S. The van der Waals surface area contributed by atoms with Gasteiger partial charge in [0.25, 0.3) is 11.5 Å². The van der Waals surface area contributed by atoms with E-state index in [0.29, 0.717) is 16.9 Å². The molecule has 3 aromatic heterocycles. The average molecular weight is 337 g/mol. The molecule has 0 unspecified atom stereocenters. The van der Waals surface area contributed by atoms with Gasteiger partial charge in [0.05, 0.1) is 11.9 Å². The monoisotopic (exact) mass is 337 g/mol. The Kier molecular flexibility index (Phi) is 3.43. The lowest BCUT2D eigenvalue weighted by Crippen LogP contribution is -2.11. The maximum Gasteiger partial charge on any atom is 0.297 e. The largest absolute Gasteiger partial charge is 0.319 e. The number of nitrogens with one attached hydrogen (secondary N) is 2. The molecule has 2 N–H and O–H groups in total. The fraction of sp³-hybridized carbons (Fsp3) is 0. The van der Waals surface area contributed by atoms with Crippen LogP contribution in [0.1, 0.15) is 10.5 Å². The molecular weight excluding hydrogens is 326 g/mol. The fourth-order valence-corrected chi connectivity index (χ4v) is 3.11. The topological polar surface area (TPSA) is 92.1 Å². The number of hydrogen-bond donors (Lipinski definition) is 2. The zero-order valence-electron chi connectivity index (χ0n) is 12.3. The zero-order valence-corrected chi connectivity index (χ0v) is 13.1. The Bertz CT molecular complexity index is 1080. The van der Waals surface area contributed by atoms with Gasteiger partial charge >= 0.3 is 0 Å². The molecule has 1 amide bonds. The molecule has 1 aromatic carbocycles. The Hall–Kier alpha value is -3.26. The van der Waals surface area contributed by atoms with Crippen LogP contribution in [-0.2, 0) is 0 Å². The summed E-state index contributed by atoms with van der Waals surface area (Å²) in [6, 6.07) is 11.2. The van der Waals surface area contributed by atoms with Gasteiger partial charge in [0.2, 0.25) is 0 Å². The van der Waals surface area contributed by atoms with E-state index in [1.165, 1.54) is 22.2 Å². The lowest BCUT2D eigenvalue weighted by molar-refractivity contribution is 0.102. The van der Waals surface area contributed by atoms with Crippen molar-refractivity contribution in [2.24, 2.45) is 0 Å². The highest BCUT2D eigenvalue weighted by atomic mass is 32.1. The number of carbonyl (C=O) groups is 1. The van der Waals surface area contributed by atoms with Crippen molar-refractivity contribution in [1.29, 1.82) is 0 Å². The van der Waals surface area contributed by atoms with Crippen molar-refractivity contribution in [3.05, 3.63) is 70.4 Å². The molecule has 7 nitrogen and oxygen atoms in total. The number of thiazole rings is 1. The van der Waals surface area contributed by atoms with Crippen molar-refractivity contribution in [3.63, 3.8) is 0 Å². The number of carbonyl (C=O) groups excluding carboxylic acids is 1. The van der Waals surface area contributed by atoms with E-state index in [0.717, 1.165) is 10.6 Å². The highest BCUT2D eigenvalue weighted by molar-refractivity contribution is 7.13. The first-order valence-electron chi connectivity index (χ1n) is 7.09. The maximum absolute atomic E-state index is 12.3. The van der Waals surface area contributed by atoms with Crippen LogP contribution in [0.4, 0.5) is 5.69 Å². The Morgan fingerprint density at radius 1 is 1.25 bits per heavy atom. The number of amides is 1. The van der Waals surface area contributed by atoms with Crippen LogP contribution in [0.3, 0.4) is 0 Å². The van der Waals surface area contributed by atoms with Crippen LogP contribution < -0.4 is 10.9 Å². The summed E-state index contributed by atoms with van der Waals surface area (Å²) in [5.41, 5.74) is 1.78. The number of aromatic nitrogens is 4. The van der Waals surface area contributed by atoms with Crippen LogP contribution in [0.15, 0.2) is 59.1 Å². The predicted molar refractivity (Wildman–Crippen MR) is 91.3 cm³/mol. The maximum atomic E-state index is 12.3. The number of hydrogen-bond acceptors (Lipinski definition) is 5. The molecule has 0 aliphatic carbocycles. The molecule has 0 spiro atoms. The van der Waals surface area contributed by atoms with Gasteiger partial charge in [-0.3, -0.25) is 19.2 Å². The SMILES string of the molecule is O=C(Nc1cc2c(=O)nc[nH]n2c1)c1csc(-c2ccccc2)n1. The van der Waals surface area contributed by atoms with E-state index in [9.17, 15) is 9.59 Å². The van der Waals surface area contributed by atoms with E-state index in [4.69, 9.17) is 0 Å². The minimum Gasteiger partial charge on any atom is -0.319 e. The zero-order chi connectivity index (χ0) is 16.5. The quantitative estimate of drug-likeness (QED) is 0.600. The number of anilines is 1. The third kappa shape index (κ3) is 2.59. The molecule has 4 rings (SSSR count). The fourth-order valence-electron chi connectivity index (χ4n) is 2.30. The van der Waals surface area contributed by atoms with Gasteiger partial charge in [0.1, 0.15) is 22.5 Å². The molecule has 118 valence electrons. The second-order valence-corrected chi connectivity index (χ2v) is 5.89. The van der Waals surface area contributed by atoms with Crippen molar-refractivity contribution in [2.45, 2.75) is 0 Å². The molecule has 0 aliphatic rings. The van der Waals surface area contributed by atoms with Crippen molar-refractivity contribution in [3.8, 4) is 10.6 Å². The van der Waals surface area contributed by atoms with Crippen molar-refractivity contribution < 1.29 is 4.79 Å². The Balaban J connectivity index is 1.59. The molecule has 0 fully saturated rings. The van der Waals surface area contributed by atoms with Gasteiger partial charge < -0.3 is 5.32 Å². The molecule has 0 saturated heterocycles. The predicted octanol–water partition coefficient (Wildman–Crippen LogP) is 2.40. The minimum atomic E-state index is -0.366. The second kappa shape index (κ2) is 5.74. The molecule has 0 radical (unpaired) electrons. The normalized spacial score (nSPS) is 10.8. The molecule has 8 heteroatoms. The van der Waals surface area contributed by atoms with Crippen molar-refractivity contribution in [1.82, 2.24) is 19.6 Å². The molecule has 3 heterocycles. The molecule has 0 aliphatic heterocycles. The molecule has 0 saturated carbocycles. The number of fused-ring (bicyclic) bond motifs is 1. The number of rotatable bonds is 3. The summed E-state index contributed by atoms with van der Waals surface area (Å²) in [5, 5.41) is 8.02. The van der Waals surface area contributed by atoms with Gasteiger partial charge in [0, 0.05) is 10.9 Å². The molecule has 24 heavy (non-hydrogen) atoms. The molecule has 4 aromatic rings. The number of aromatic amines is 1. The van der Waals surface area contributed by atoms with E-state index in [2.05, 4.69) is 20.4 Å². The molecule has 0 atom stereocenters. The van der Waals surface area contributed by atoms with E-state index in [1.807, 2.05) is 30.3 Å². The second-order valence-electron chi connectivity index (χ2n) is 5.03. The minimum absolute atomic E-state index is 0.329. The first-order chi connectivity index (χ1) is 11.7. The number of nitrogens with zero attached hydrogens (tertiary/aromatic N) is 3. The highest BCUT2D eigenvalue weighted by Crippen LogP contribution is 2.23. The first-order valence-corrected chi connectivity index (χ1v) is 7.97. The Morgan fingerprint density at radius 2 is 2.08 bits per heavy atom. The van der Waals surface area contributed by atoms with E-state index < -0.39 is 0 Å². The summed E-state index contributed by atoms with van der Waals surface area (Å²) >= 11 is 1.41. The number of benzene rings is 1. The standard InChI is InChI=1S/C16H11N5O2S/c22-14(12-8-24-16(20-12)10-4-2-1-3-5-10)19-11-6-13-15(23)17-9-18-21(13)7-11/h1-9H,(H,19,22)(H,17,18,23). The van der Waals surface area contributed by atoms with Gasteiger partial charge in [0.15, 0.2) is 0 Å². The van der Waals surface area contributed by atoms with Gasteiger partial charge in [-0.1, -0.05) is 30.3 Å². The first kappa shape index (κ1) is 14.3. The highest BCUT2D eigenvalue weighted by Gasteiger charge is 2.13. The van der Waals surface area contributed by atoms with Crippen LogP contribution >= 0.6 is 11.3 Å². The van der Waals surface area contributed by atoms with Gasteiger partial charge in [-0.15, -0.1) is 11.3 Å². The van der Waals surface area contributed by atoms with Crippen LogP contribution in [-0.4, -0.2) is 25.5 Å². The third-order valence-corrected chi connectivity index (χ3v) is 4.32. The summed E-state index contributed by atoms with van der Waals surface area (Å²) in [4.78, 5) is 32.0. The summed E-state index contributed by atoms with van der Waals surface area (Å²) < 4.78 is 1.50. The Morgan fingerprint density at radius 3 is 2.88 bits per heavy atom. The summed E-state index contributed by atoms with van der Waals surface area (Å²) in [5.74, 6) is -0.329. The van der Waals surface area contributed by atoms with Gasteiger partial charge in [-0.2, -0.15) is 4.98 Å². The van der Waals surface area contributed by atoms with E-state index in [-0.39, 0.29) is 11.5 Å². The van der Waals surface area contributed by atoms with Crippen molar-refractivity contribution in [2.75, 3.05) is 5.32 Å². The van der Waals surface area contributed by atoms with Crippen LogP contribution in [0.5, 0.6) is 0 Å². The van der Waals surface area contributed by atoms with Crippen LogP contribution in [0, 0.1) is 0 Å². The summed E-state index contributed by atoms with van der Waals surface area (Å²) in [7, 11) is 0. The molecule has 0 bridgehead atoms.